The van der Waals surface area contributed by atoms with Gasteiger partial charge in [0.1, 0.15) is 0 Å². The van der Waals surface area contributed by atoms with E-state index in [4.69, 9.17) is 17.3 Å². The minimum atomic E-state index is -0.481. The highest BCUT2D eigenvalue weighted by Crippen LogP contribution is 1.63. The predicted molar refractivity (Wildman–Crippen MR) is 23.9 cm³/mol. The lowest BCUT2D eigenvalue weighted by atomic mass is 10.4. The van der Waals surface area contributed by atoms with Crippen LogP contribution < -0.4 is 5.73 Å². The average Bonchev–Trinajstić information content (AvgIpc) is 1.65. The molecule has 2 heteroatoms. The fourth-order valence-electron chi connectivity index (χ4n) is 0.0527. The minimum absolute atomic E-state index is 0.128. The molecule has 6 heavy (non-hydrogen) atoms. The Morgan fingerprint density at radius 2 is 2.50 bits per heavy atom. The second-order valence-corrected chi connectivity index (χ2v) is 0.956. The summed E-state index contributed by atoms with van der Waals surface area (Å²) >= 11 is 0. The molecule has 0 heterocycles. The van der Waals surface area contributed by atoms with Gasteiger partial charge in [0, 0.05) is 0 Å². The Hall–Kier alpha value is -0.520. The van der Waals surface area contributed by atoms with Gasteiger partial charge in [0.05, 0.1) is 12.6 Å². The number of terminal acetylenes is 1. The molecule has 3 N–H and O–H groups in total. The molecule has 34 valence electrons. The first-order chi connectivity index (χ1) is 2.81. The topological polar surface area (TPSA) is 46.2 Å². The normalized spacial score (nSPS) is 12.8. The third-order valence-corrected chi connectivity index (χ3v) is 0.411. The van der Waals surface area contributed by atoms with Crippen LogP contribution in [0.25, 0.3) is 0 Å². The van der Waals surface area contributed by atoms with Crippen molar-refractivity contribution in [1.82, 2.24) is 0 Å². The molecule has 0 radical (unpaired) electrons. The third-order valence-electron chi connectivity index (χ3n) is 0.411. The first-order valence-electron chi connectivity index (χ1n) is 1.64. The molecule has 0 saturated carbocycles. The molecular formula is C4H7NO. The zero-order valence-electron chi connectivity index (χ0n) is 3.39. The summed E-state index contributed by atoms with van der Waals surface area (Å²) in [6.45, 7) is -0.128. The second-order valence-electron chi connectivity index (χ2n) is 0.956. The van der Waals surface area contributed by atoms with Crippen molar-refractivity contribution in [2.75, 3.05) is 6.61 Å². The van der Waals surface area contributed by atoms with E-state index in [9.17, 15) is 0 Å². The lowest BCUT2D eigenvalue weighted by molar-refractivity contribution is 0.287. The molecule has 0 aromatic rings. The molecule has 1 unspecified atom stereocenters. The van der Waals surface area contributed by atoms with E-state index >= 15 is 0 Å². The molecule has 0 aromatic heterocycles. The molecule has 0 fully saturated rings. The average molecular weight is 85.1 g/mol. The summed E-state index contributed by atoms with van der Waals surface area (Å²) < 4.78 is 0. The molecule has 0 amide bonds. The van der Waals surface area contributed by atoms with Gasteiger partial charge in [0.25, 0.3) is 0 Å². The number of nitrogens with two attached hydrogens (primary N) is 1. The molecule has 0 bridgehead atoms. The van der Waals surface area contributed by atoms with Gasteiger partial charge in [-0.15, -0.1) is 6.42 Å². The monoisotopic (exact) mass is 85.1 g/mol. The quantitative estimate of drug-likeness (QED) is 0.399. The van der Waals surface area contributed by atoms with Gasteiger partial charge >= 0.3 is 0 Å². The molecule has 2 nitrogen and oxygen atoms in total. The van der Waals surface area contributed by atoms with Crippen molar-refractivity contribution in [3.8, 4) is 12.3 Å². The minimum Gasteiger partial charge on any atom is -0.394 e. The number of hydrogen-bond donors (Lipinski definition) is 2. The van der Waals surface area contributed by atoms with E-state index < -0.39 is 6.04 Å². The number of hydrogen-bond acceptors (Lipinski definition) is 2. The van der Waals surface area contributed by atoms with Crippen LogP contribution in [0.2, 0.25) is 0 Å². The van der Waals surface area contributed by atoms with Gasteiger partial charge in [0.2, 0.25) is 0 Å². The highest BCUT2D eigenvalue weighted by atomic mass is 16.3. The molecular weight excluding hydrogens is 78.0 g/mol. The van der Waals surface area contributed by atoms with Crippen LogP contribution in [-0.2, 0) is 0 Å². The van der Waals surface area contributed by atoms with Crippen LogP contribution >= 0.6 is 0 Å². The van der Waals surface area contributed by atoms with Crippen molar-refractivity contribution in [2.45, 2.75) is 6.04 Å². The van der Waals surface area contributed by atoms with Crippen molar-refractivity contribution >= 4 is 0 Å². The summed E-state index contributed by atoms with van der Waals surface area (Å²) in [7, 11) is 0. The molecule has 0 spiro atoms. The van der Waals surface area contributed by atoms with Crippen LogP contribution in [0.1, 0.15) is 0 Å². The Morgan fingerprint density at radius 1 is 2.00 bits per heavy atom. The van der Waals surface area contributed by atoms with Gasteiger partial charge in [0.15, 0.2) is 0 Å². The first kappa shape index (κ1) is 5.48. The fraction of sp³-hybridized carbons (Fsp3) is 0.500. The summed E-state index contributed by atoms with van der Waals surface area (Å²) in [5, 5.41) is 8.07. The molecule has 0 aliphatic carbocycles. The van der Waals surface area contributed by atoms with Gasteiger partial charge in [-0.2, -0.15) is 0 Å². The van der Waals surface area contributed by atoms with E-state index in [1.807, 2.05) is 0 Å². The summed E-state index contributed by atoms with van der Waals surface area (Å²) in [5.74, 6) is 2.14. The highest BCUT2D eigenvalue weighted by Gasteiger charge is 1.86. The van der Waals surface area contributed by atoms with Crippen LogP contribution in [0.15, 0.2) is 0 Å². The Balaban J connectivity index is 3.04. The lowest BCUT2D eigenvalue weighted by Gasteiger charge is -1.91. The Labute approximate surface area is 37.0 Å². The van der Waals surface area contributed by atoms with Crippen molar-refractivity contribution in [3.63, 3.8) is 0 Å². The van der Waals surface area contributed by atoms with E-state index in [0.29, 0.717) is 0 Å². The lowest BCUT2D eigenvalue weighted by Crippen LogP contribution is -2.21. The van der Waals surface area contributed by atoms with Crippen molar-refractivity contribution in [1.29, 1.82) is 0 Å². The summed E-state index contributed by atoms with van der Waals surface area (Å²) in [4.78, 5) is 0. The number of aliphatic hydroxyl groups excluding tert-OH is 1. The fourth-order valence-corrected chi connectivity index (χ4v) is 0.0527. The summed E-state index contributed by atoms with van der Waals surface area (Å²) in [5.41, 5.74) is 4.99. The van der Waals surface area contributed by atoms with E-state index in [1.165, 1.54) is 0 Å². The first-order valence-corrected chi connectivity index (χ1v) is 1.64. The maximum absolute atomic E-state index is 8.07. The van der Waals surface area contributed by atoms with Crippen molar-refractivity contribution in [3.05, 3.63) is 0 Å². The molecule has 0 saturated heterocycles. The number of aliphatic hydroxyl groups is 1. The van der Waals surface area contributed by atoms with E-state index in [2.05, 4.69) is 5.92 Å². The zero-order valence-corrected chi connectivity index (χ0v) is 3.39. The van der Waals surface area contributed by atoms with Crippen molar-refractivity contribution < 1.29 is 5.11 Å². The maximum atomic E-state index is 8.07. The Kier molecular flexibility index (Phi) is 2.47. The molecule has 0 aliphatic rings. The maximum Gasteiger partial charge on any atom is 0.0896 e. The van der Waals surface area contributed by atoms with Gasteiger partial charge in [-0.05, 0) is 0 Å². The van der Waals surface area contributed by atoms with Crippen LogP contribution in [-0.4, -0.2) is 17.8 Å². The van der Waals surface area contributed by atoms with E-state index in [-0.39, 0.29) is 6.61 Å². The number of rotatable bonds is 1. The van der Waals surface area contributed by atoms with Gasteiger partial charge in [-0.3, -0.25) is 0 Å². The molecule has 1 atom stereocenters. The van der Waals surface area contributed by atoms with E-state index in [0.717, 1.165) is 0 Å². The van der Waals surface area contributed by atoms with Crippen LogP contribution in [0.5, 0.6) is 0 Å². The predicted octanol–water partition coefficient (Wildman–Crippen LogP) is -1.06. The zero-order chi connectivity index (χ0) is 4.99. The highest BCUT2D eigenvalue weighted by molar-refractivity contribution is 4.95. The second kappa shape index (κ2) is 2.70. The summed E-state index contributed by atoms with van der Waals surface area (Å²) in [6.07, 6.45) is 4.75. The Morgan fingerprint density at radius 3 is 2.50 bits per heavy atom. The summed E-state index contributed by atoms with van der Waals surface area (Å²) in [6, 6.07) is -0.481. The Bertz CT molecular complexity index is 64.4. The standard InChI is InChI=1S/C4H7NO/c1-2-4(5)3-6/h1,4,6H,3,5H2. The van der Waals surface area contributed by atoms with Gasteiger partial charge in [-0.25, -0.2) is 0 Å². The van der Waals surface area contributed by atoms with Crippen molar-refractivity contribution in [2.24, 2.45) is 5.73 Å². The SMILES string of the molecule is C#CC(N)CO. The smallest absolute Gasteiger partial charge is 0.0896 e. The van der Waals surface area contributed by atoms with Crippen LogP contribution in [0.3, 0.4) is 0 Å². The van der Waals surface area contributed by atoms with E-state index in [1.54, 1.807) is 0 Å². The van der Waals surface area contributed by atoms with Crippen LogP contribution in [0, 0.1) is 12.3 Å². The van der Waals surface area contributed by atoms with Crippen LogP contribution in [0.4, 0.5) is 0 Å². The van der Waals surface area contributed by atoms with Gasteiger partial charge < -0.3 is 10.8 Å². The molecule has 0 aliphatic heterocycles. The largest absolute Gasteiger partial charge is 0.394 e. The molecule has 0 rings (SSSR count). The molecule has 0 aromatic carbocycles. The third kappa shape index (κ3) is 1.77. The van der Waals surface area contributed by atoms with Gasteiger partial charge in [-0.1, -0.05) is 5.92 Å².